The first-order valence-corrected chi connectivity index (χ1v) is 6.43. The lowest BCUT2D eigenvalue weighted by molar-refractivity contribution is 0.562. The normalized spacial score (nSPS) is 12.5. The summed E-state index contributed by atoms with van der Waals surface area (Å²) in [6.45, 7) is 0. The van der Waals surface area contributed by atoms with Gasteiger partial charge in [-0.2, -0.15) is 0 Å². The van der Waals surface area contributed by atoms with Crippen LogP contribution in [0.1, 0.15) is 17.2 Å². The van der Waals surface area contributed by atoms with Gasteiger partial charge in [-0.3, -0.25) is 0 Å². The third kappa shape index (κ3) is 2.78. The van der Waals surface area contributed by atoms with Crippen LogP contribution in [-0.4, -0.2) is 0 Å². The molecule has 0 radical (unpaired) electrons. The molecule has 0 spiro atoms. The van der Waals surface area contributed by atoms with Crippen LogP contribution >= 0.6 is 27.5 Å². The number of hydrogen-bond donors (Lipinski definition) is 1. The second-order valence-electron chi connectivity index (χ2n) is 3.91. The third-order valence-corrected chi connectivity index (χ3v) is 3.95. The molecule has 0 saturated heterocycles. The molecule has 19 heavy (non-hydrogen) atoms. The van der Waals surface area contributed by atoms with Crippen molar-refractivity contribution >= 4 is 27.5 Å². The van der Waals surface area contributed by atoms with Crippen molar-refractivity contribution in [2.75, 3.05) is 0 Å². The zero-order valence-electron chi connectivity index (χ0n) is 9.43. The highest BCUT2D eigenvalue weighted by atomic mass is 79.9. The minimum Gasteiger partial charge on any atom is -0.320 e. The van der Waals surface area contributed by atoms with Gasteiger partial charge in [0.15, 0.2) is 0 Å². The second-order valence-corrected chi connectivity index (χ2v) is 5.14. The van der Waals surface area contributed by atoms with Crippen molar-refractivity contribution in [1.29, 1.82) is 0 Å². The number of halogens is 5. The molecule has 2 rings (SSSR count). The van der Waals surface area contributed by atoms with Crippen LogP contribution in [0.3, 0.4) is 0 Å². The molecule has 0 heterocycles. The summed E-state index contributed by atoms with van der Waals surface area (Å²) in [4.78, 5) is 0. The molecule has 0 aromatic heterocycles. The summed E-state index contributed by atoms with van der Waals surface area (Å²) in [5.74, 6) is -2.10. The van der Waals surface area contributed by atoms with Gasteiger partial charge in [0.2, 0.25) is 0 Å². The summed E-state index contributed by atoms with van der Waals surface area (Å²) < 4.78 is 41.1. The van der Waals surface area contributed by atoms with Gasteiger partial charge in [-0.1, -0.05) is 17.7 Å². The van der Waals surface area contributed by atoms with Crippen molar-refractivity contribution in [2.24, 2.45) is 5.73 Å². The van der Waals surface area contributed by atoms with Crippen LogP contribution in [0.25, 0.3) is 0 Å². The van der Waals surface area contributed by atoms with Gasteiger partial charge in [0.05, 0.1) is 11.1 Å². The molecule has 2 aromatic rings. The topological polar surface area (TPSA) is 26.0 Å². The standard InChI is InChI=1S/C13H8BrClF3N/c14-9-3-2-7(12(18)11(9)15)13(19)8-5-6(16)1-4-10(8)17/h1-5,13H,19H2. The van der Waals surface area contributed by atoms with E-state index >= 15 is 0 Å². The lowest BCUT2D eigenvalue weighted by Gasteiger charge is -2.15. The van der Waals surface area contributed by atoms with Gasteiger partial charge in [0.25, 0.3) is 0 Å². The third-order valence-electron chi connectivity index (χ3n) is 2.69. The molecule has 0 aliphatic carbocycles. The molecule has 1 unspecified atom stereocenters. The van der Waals surface area contributed by atoms with Crippen molar-refractivity contribution in [3.05, 3.63) is 68.4 Å². The number of hydrogen-bond acceptors (Lipinski definition) is 1. The predicted molar refractivity (Wildman–Crippen MR) is 71.5 cm³/mol. The van der Waals surface area contributed by atoms with Gasteiger partial charge >= 0.3 is 0 Å². The number of benzene rings is 2. The summed E-state index contributed by atoms with van der Waals surface area (Å²) in [6, 6.07) is 4.59. The Morgan fingerprint density at radius 1 is 1.05 bits per heavy atom. The van der Waals surface area contributed by atoms with E-state index in [0.717, 1.165) is 18.2 Å². The Bertz CT molecular complexity index is 634. The smallest absolute Gasteiger partial charge is 0.148 e. The van der Waals surface area contributed by atoms with E-state index < -0.39 is 23.5 Å². The van der Waals surface area contributed by atoms with E-state index in [0.29, 0.717) is 4.47 Å². The van der Waals surface area contributed by atoms with Gasteiger partial charge in [-0.15, -0.1) is 0 Å². The molecule has 0 aliphatic heterocycles. The fraction of sp³-hybridized carbons (Fsp3) is 0.0769. The second kappa shape index (κ2) is 5.53. The van der Waals surface area contributed by atoms with Crippen LogP contribution in [-0.2, 0) is 0 Å². The molecule has 0 amide bonds. The van der Waals surface area contributed by atoms with Gasteiger partial charge in [-0.05, 0) is 40.2 Å². The summed E-state index contributed by atoms with van der Waals surface area (Å²) >= 11 is 8.80. The van der Waals surface area contributed by atoms with E-state index in [9.17, 15) is 13.2 Å². The number of nitrogens with two attached hydrogens (primary N) is 1. The van der Waals surface area contributed by atoms with Crippen molar-refractivity contribution in [1.82, 2.24) is 0 Å². The van der Waals surface area contributed by atoms with Crippen molar-refractivity contribution in [3.8, 4) is 0 Å². The largest absolute Gasteiger partial charge is 0.320 e. The molecule has 2 N–H and O–H groups in total. The Morgan fingerprint density at radius 3 is 2.42 bits per heavy atom. The molecule has 0 saturated carbocycles. The van der Waals surface area contributed by atoms with Crippen LogP contribution in [0.4, 0.5) is 13.2 Å². The molecular formula is C13H8BrClF3N. The Hall–Kier alpha value is -1.04. The zero-order valence-corrected chi connectivity index (χ0v) is 11.8. The minimum absolute atomic E-state index is 0.00213. The molecule has 6 heteroatoms. The molecule has 100 valence electrons. The van der Waals surface area contributed by atoms with E-state index in [2.05, 4.69) is 15.9 Å². The maximum absolute atomic E-state index is 14.0. The molecular weight excluding hydrogens is 343 g/mol. The fourth-order valence-corrected chi connectivity index (χ4v) is 2.18. The first-order chi connectivity index (χ1) is 8.91. The summed E-state index contributed by atoms with van der Waals surface area (Å²) in [5, 5.41) is -0.148. The number of rotatable bonds is 2. The zero-order chi connectivity index (χ0) is 14.2. The fourth-order valence-electron chi connectivity index (χ4n) is 1.70. The Kier molecular flexibility index (Phi) is 4.18. The van der Waals surface area contributed by atoms with Crippen LogP contribution in [0.5, 0.6) is 0 Å². The van der Waals surface area contributed by atoms with Crippen molar-refractivity contribution in [3.63, 3.8) is 0 Å². The van der Waals surface area contributed by atoms with E-state index in [-0.39, 0.29) is 16.1 Å². The molecule has 0 bridgehead atoms. The molecule has 2 aromatic carbocycles. The highest BCUT2D eigenvalue weighted by molar-refractivity contribution is 9.10. The van der Waals surface area contributed by atoms with Crippen LogP contribution in [0, 0.1) is 17.5 Å². The molecule has 0 fully saturated rings. The monoisotopic (exact) mass is 349 g/mol. The van der Waals surface area contributed by atoms with E-state index in [1.54, 1.807) is 0 Å². The van der Waals surface area contributed by atoms with Crippen LogP contribution in [0.2, 0.25) is 5.02 Å². The predicted octanol–water partition coefficient (Wildman–Crippen LogP) is 4.57. The van der Waals surface area contributed by atoms with Gasteiger partial charge < -0.3 is 5.73 Å². The quantitative estimate of drug-likeness (QED) is 0.789. The minimum atomic E-state index is -1.14. The van der Waals surface area contributed by atoms with E-state index in [4.69, 9.17) is 17.3 Å². The Morgan fingerprint density at radius 2 is 1.74 bits per heavy atom. The summed E-state index contributed by atoms with van der Waals surface area (Å²) in [6.07, 6.45) is 0. The van der Waals surface area contributed by atoms with Gasteiger partial charge in [0.1, 0.15) is 17.5 Å². The summed E-state index contributed by atoms with van der Waals surface area (Å²) in [7, 11) is 0. The Labute approximate surface area is 121 Å². The summed E-state index contributed by atoms with van der Waals surface area (Å²) in [5.41, 5.74) is 5.66. The van der Waals surface area contributed by atoms with Gasteiger partial charge in [-0.25, -0.2) is 13.2 Å². The lowest BCUT2D eigenvalue weighted by atomic mass is 9.98. The maximum Gasteiger partial charge on any atom is 0.148 e. The highest BCUT2D eigenvalue weighted by Gasteiger charge is 2.20. The van der Waals surface area contributed by atoms with E-state index in [1.807, 2.05) is 0 Å². The molecule has 1 atom stereocenters. The van der Waals surface area contributed by atoms with E-state index in [1.165, 1.54) is 12.1 Å². The van der Waals surface area contributed by atoms with Crippen molar-refractivity contribution < 1.29 is 13.2 Å². The SMILES string of the molecule is NC(c1cc(F)ccc1F)c1ccc(Br)c(Cl)c1F. The van der Waals surface area contributed by atoms with Crippen LogP contribution < -0.4 is 5.73 Å². The average molecular weight is 351 g/mol. The maximum atomic E-state index is 14.0. The van der Waals surface area contributed by atoms with Gasteiger partial charge in [0, 0.05) is 15.6 Å². The molecule has 0 aliphatic rings. The lowest BCUT2D eigenvalue weighted by Crippen LogP contribution is -2.16. The molecule has 1 nitrogen and oxygen atoms in total. The first kappa shape index (κ1) is 14.4. The first-order valence-electron chi connectivity index (χ1n) is 5.25. The average Bonchev–Trinajstić information content (AvgIpc) is 2.38. The highest BCUT2D eigenvalue weighted by Crippen LogP contribution is 2.32. The van der Waals surface area contributed by atoms with Crippen LogP contribution in [0.15, 0.2) is 34.8 Å². The van der Waals surface area contributed by atoms with Crippen molar-refractivity contribution in [2.45, 2.75) is 6.04 Å². The Balaban J connectivity index is 2.53.